The second kappa shape index (κ2) is 3.95. The van der Waals surface area contributed by atoms with Crippen molar-refractivity contribution in [3.8, 4) is 6.07 Å². The summed E-state index contributed by atoms with van der Waals surface area (Å²) in [6.07, 6.45) is 0. The molecule has 0 bridgehead atoms. The molecule has 0 fully saturated rings. The molecule has 0 aliphatic heterocycles. The number of nitrogen functional groups attached to an aromatic ring is 1. The minimum Gasteiger partial charge on any atom is -0.449 e. The number of fused-ring (bicyclic) bond motifs is 1. The molecular weight excluding hydrogens is 208 g/mol. The van der Waals surface area contributed by atoms with Gasteiger partial charge in [-0.3, -0.25) is 0 Å². The zero-order valence-corrected chi connectivity index (χ0v) is 8.27. The summed E-state index contributed by atoms with van der Waals surface area (Å²) in [5.74, 6) is -0.591. The fraction of sp³-hybridized carbons (Fsp3) is 0.0909. The van der Waals surface area contributed by atoms with Crippen LogP contribution in [-0.4, -0.2) is 12.6 Å². The fourth-order valence-corrected chi connectivity index (χ4v) is 1.33. The monoisotopic (exact) mass is 216 g/mol. The van der Waals surface area contributed by atoms with E-state index in [0.29, 0.717) is 11.3 Å². The molecule has 0 saturated carbocycles. The van der Waals surface area contributed by atoms with Crippen LogP contribution in [0.4, 0.5) is 5.69 Å². The Morgan fingerprint density at radius 2 is 2.31 bits per heavy atom. The van der Waals surface area contributed by atoms with E-state index in [-0.39, 0.29) is 12.4 Å². The van der Waals surface area contributed by atoms with Gasteiger partial charge in [-0.25, -0.2) is 4.79 Å². The molecule has 5 nitrogen and oxygen atoms in total. The van der Waals surface area contributed by atoms with E-state index < -0.39 is 5.97 Å². The largest absolute Gasteiger partial charge is 0.449 e. The molecule has 0 radical (unpaired) electrons. The average molecular weight is 216 g/mol. The maximum absolute atomic E-state index is 11.4. The van der Waals surface area contributed by atoms with E-state index >= 15 is 0 Å². The highest BCUT2D eigenvalue weighted by Gasteiger charge is 2.13. The minimum atomic E-state index is -0.656. The second-order valence-electron chi connectivity index (χ2n) is 3.14. The number of furan rings is 1. The van der Waals surface area contributed by atoms with Gasteiger partial charge in [-0.1, -0.05) is 0 Å². The highest BCUT2D eigenvalue weighted by Crippen LogP contribution is 2.22. The predicted molar refractivity (Wildman–Crippen MR) is 56.5 cm³/mol. The van der Waals surface area contributed by atoms with E-state index in [1.165, 1.54) is 6.07 Å². The number of benzene rings is 1. The van der Waals surface area contributed by atoms with Gasteiger partial charge in [0.15, 0.2) is 6.61 Å². The average Bonchev–Trinajstić information content (AvgIpc) is 2.68. The van der Waals surface area contributed by atoms with Crippen molar-refractivity contribution >= 4 is 22.6 Å². The number of ether oxygens (including phenoxy) is 1. The molecule has 16 heavy (non-hydrogen) atoms. The smallest absolute Gasteiger partial charge is 0.375 e. The molecular formula is C11H8N2O3. The maximum atomic E-state index is 11.4. The third-order valence-corrected chi connectivity index (χ3v) is 2.01. The molecule has 0 aliphatic carbocycles. The van der Waals surface area contributed by atoms with Crippen LogP contribution in [0.15, 0.2) is 28.7 Å². The lowest BCUT2D eigenvalue weighted by Crippen LogP contribution is -2.03. The Morgan fingerprint density at radius 3 is 3.06 bits per heavy atom. The van der Waals surface area contributed by atoms with Crippen molar-refractivity contribution < 1.29 is 13.9 Å². The molecule has 0 amide bonds. The summed E-state index contributed by atoms with van der Waals surface area (Å²) in [7, 11) is 0. The first-order valence-electron chi connectivity index (χ1n) is 4.54. The Balaban J connectivity index is 2.33. The van der Waals surface area contributed by atoms with Gasteiger partial charge in [0.25, 0.3) is 0 Å². The Labute approximate surface area is 91.0 Å². The minimum absolute atomic E-state index is 0.0656. The summed E-state index contributed by atoms with van der Waals surface area (Å²) in [6, 6.07) is 8.28. The number of carbonyl (C=O) groups is 1. The Bertz CT molecular complexity index is 580. The van der Waals surface area contributed by atoms with Crippen molar-refractivity contribution in [2.45, 2.75) is 0 Å². The van der Waals surface area contributed by atoms with Crippen molar-refractivity contribution in [3.05, 3.63) is 30.0 Å². The number of carbonyl (C=O) groups excluding carboxylic acids is 1. The molecule has 1 heterocycles. The summed E-state index contributed by atoms with van der Waals surface area (Å²) in [5, 5.41) is 8.99. The number of rotatable bonds is 2. The van der Waals surface area contributed by atoms with Crippen LogP contribution in [0.25, 0.3) is 11.0 Å². The number of nitrogens with zero attached hydrogens (tertiary/aromatic N) is 1. The van der Waals surface area contributed by atoms with Crippen LogP contribution in [0.3, 0.4) is 0 Å². The first kappa shape index (κ1) is 10.1. The molecule has 5 heteroatoms. The molecule has 1 aromatic carbocycles. The molecule has 0 unspecified atom stereocenters. The van der Waals surface area contributed by atoms with Crippen molar-refractivity contribution in [2.24, 2.45) is 0 Å². The van der Waals surface area contributed by atoms with Gasteiger partial charge in [-0.05, 0) is 24.3 Å². The van der Waals surface area contributed by atoms with Crippen LogP contribution < -0.4 is 5.73 Å². The van der Waals surface area contributed by atoms with Crippen molar-refractivity contribution in [1.82, 2.24) is 0 Å². The normalized spacial score (nSPS) is 9.94. The van der Waals surface area contributed by atoms with E-state index in [0.717, 1.165) is 5.39 Å². The fourth-order valence-electron chi connectivity index (χ4n) is 1.33. The molecule has 2 aromatic rings. The molecule has 0 atom stereocenters. The van der Waals surface area contributed by atoms with Crippen molar-refractivity contribution in [1.29, 1.82) is 5.26 Å². The molecule has 0 aliphatic rings. The van der Waals surface area contributed by atoms with E-state index in [1.54, 1.807) is 24.3 Å². The van der Waals surface area contributed by atoms with Crippen LogP contribution in [0.1, 0.15) is 10.6 Å². The van der Waals surface area contributed by atoms with E-state index in [4.69, 9.17) is 15.4 Å². The van der Waals surface area contributed by atoms with Gasteiger partial charge in [-0.2, -0.15) is 5.26 Å². The molecule has 0 spiro atoms. The van der Waals surface area contributed by atoms with E-state index in [2.05, 4.69) is 4.74 Å². The van der Waals surface area contributed by atoms with Gasteiger partial charge in [0, 0.05) is 11.1 Å². The van der Waals surface area contributed by atoms with Crippen LogP contribution in [0, 0.1) is 11.3 Å². The summed E-state index contributed by atoms with van der Waals surface area (Å²) in [6.45, 7) is -0.294. The van der Waals surface area contributed by atoms with Gasteiger partial charge in [0.05, 0.1) is 0 Å². The van der Waals surface area contributed by atoms with Gasteiger partial charge < -0.3 is 14.9 Å². The SMILES string of the molecule is N#CCOC(=O)c1cc2cc(N)ccc2o1. The standard InChI is InChI=1S/C11H8N2O3/c12-3-4-15-11(14)10-6-7-5-8(13)1-2-9(7)16-10/h1-2,5-6H,4,13H2. The van der Waals surface area contributed by atoms with Gasteiger partial charge in [0.2, 0.25) is 5.76 Å². The van der Waals surface area contributed by atoms with Crippen LogP contribution in [-0.2, 0) is 4.74 Å². The summed E-state index contributed by atoms with van der Waals surface area (Å²) in [5.41, 5.74) is 6.73. The Hall–Kier alpha value is -2.48. The lowest BCUT2D eigenvalue weighted by Gasteiger charge is -1.94. The van der Waals surface area contributed by atoms with Crippen LogP contribution in [0.2, 0.25) is 0 Å². The number of hydrogen-bond donors (Lipinski definition) is 1. The molecule has 2 N–H and O–H groups in total. The molecule has 1 aromatic heterocycles. The number of hydrogen-bond acceptors (Lipinski definition) is 5. The van der Waals surface area contributed by atoms with E-state index in [1.807, 2.05) is 0 Å². The molecule has 80 valence electrons. The third kappa shape index (κ3) is 1.81. The number of anilines is 1. The summed E-state index contributed by atoms with van der Waals surface area (Å²) in [4.78, 5) is 11.4. The van der Waals surface area contributed by atoms with Gasteiger partial charge in [0.1, 0.15) is 11.7 Å². The number of nitriles is 1. The van der Waals surface area contributed by atoms with Crippen molar-refractivity contribution in [3.63, 3.8) is 0 Å². The van der Waals surface area contributed by atoms with Gasteiger partial charge >= 0.3 is 5.97 Å². The van der Waals surface area contributed by atoms with Gasteiger partial charge in [-0.15, -0.1) is 0 Å². The van der Waals surface area contributed by atoms with E-state index in [9.17, 15) is 4.79 Å². The highest BCUT2D eigenvalue weighted by molar-refractivity contribution is 5.93. The lowest BCUT2D eigenvalue weighted by atomic mass is 10.2. The zero-order chi connectivity index (χ0) is 11.5. The predicted octanol–water partition coefficient (Wildman–Crippen LogP) is 1.70. The lowest BCUT2D eigenvalue weighted by molar-refractivity contribution is 0.0521. The zero-order valence-electron chi connectivity index (χ0n) is 8.27. The highest BCUT2D eigenvalue weighted by atomic mass is 16.5. The summed E-state index contributed by atoms with van der Waals surface area (Å²) < 4.78 is 9.85. The molecule has 2 rings (SSSR count). The maximum Gasteiger partial charge on any atom is 0.375 e. The van der Waals surface area contributed by atoms with Crippen LogP contribution in [0.5, 0.6) is 0 Å². The topological polar surface area (TPSA) is 89.2 Å². The second-order valence-corrected chi connectivity index (χ2v) is 3.14. The summed E-state index contributed by atoms with van der Waals surface area (Å²) >= 11 is 0. The Morgan fingerprint density at radius 1 is 1.50 bits per heavy atom. The number of nitrogens with two attached hydrogens (primary N) is 1. The first-order chi connectivity index (χ1) is 7.70. The van der Waals surface area contributed by atoms with Crippen molar-refractivity contribution in [2.75, 3.05) is 12.3 Å². The van der Waals surface area contributed by atoms with Crippen LogP contribution >= 0.6 is 0 Å². The first-order valence-corrected chi connectivity index (χ1v) is 4.54. The quantitative estimate of drug-likeness (QED) is 0.609. The number of esters is 1. The Kier molecular flexibility index (Phi) is 2.48. The third-order valence-electron chi connectivity index (χ3n) is 2.01. The molecule has 0 saturated heterocycles.